The maximum absolute atomic E-state index is 5.64. The minimum atomic E-state index is 0.0956. The van der Waals surface area contributed by atoms with Crippen LogP contribution in [0.15, 0.2) is 42.6 Å². The van der Waals surface area contributed by atoms with Gasteiger partial charge in [-0.15, -0.1) is 0 Å². The summed E-state index contributed by atoms with van der Waals surface area (Å²) in [5, 5.41) is 0. The van der Waals surface area contributed by atoms with Gasteiger partial charge in [0.1, 0.15) is 0 Å². The minimum absolute atomic E-state index is 0.0956. The van der Waals surface area contributed by atoms with Crippen LogP contribution in [0.25, 0.3) is 0 Å². The topological polar surface area (TPSA) is 51.8 Å². The Labute approximate surface area is 94.4 Å². The SMILES string of the molecule is Nc1nccc(C2(c3ccccc3)CC2)n1. The summed E-state index contributed by atoms with van der Waals surface area (Å²) in [7, 11) is 0. The summed E-state index contributed by atoms with van der Waals surface area (Å²) in [6.45, 7) is 0. The van der Waals surface area contributed by atoms with Gasteiger partial charge >= 0.3 is 0 Å². The molecule has 1 aromatic heterocycles. The lowest BCUT2D eigenvalue weighted by Crippen LogP contribution is -2.12. The molecule has 16 heavy (non-hydrogen) atoms. The molecule has 0 saturated heterocycles. The Morgan fingerprint density at radius 1 is 1.06 bits per heavy atom. The van der Waals surface area contributed by atoms with Gasteiger partial charge in [-0.05, 0) is 24.5 Å². The Morgan fingerprint density at radius 2 is 1.81 bits per heavy atom. The quantitative estimate of drug-likeness (QED) is 0.828. The van der Waals surface area contributed by atoms with Crippen molar-refractivity contribution >= 4 is 5.95 Å². The van der Waals surface area contributed by atoms with E-state index in [-0.39, 0.29) is 5.41 Å². The first-order valence-corrected chi connectivity index (χ1v) is 5.46. The molecule has 80 valence electrons. The predicted molar refractivity (Wildman–Crippen MR) is 62.9 cm³/mol. The maximum Gasteiger partial charge on any atom is 0.220 e. The number of aromatic nitrogens is 2. The first kappa shape index (κ1) is 9.33. The van der Waals surface area contributed by atoms with Gasteiger partial charge in [0, 0.05) is 11.6 Å². The van der Waals surface area contributed by atoms with Crippen LogP contribution in [0.2, 0.25) is 0 Å². The lowest BCUT2D eigenvalue weighted by molar-refractivity contribution is 0.798. The predicted octanol–water partition coefficient (Wildman–Crippen LogP) is 2.14. The third kappa shape index (κ3) is 1.36. The Bertz CT molecular complexity index is 504. The smallest absolute Gasteiger partial charge is 0.220 e. The highest BCUT2D eigenvalue weighted by Crippen LogP contribution is 2.52. The maximum atomic E-state index is 5.64. The molecular formula is C13H13N3. The molecule has 3 heteroatoms. The van der Waals surface area contributed by atoms with E-state index in [0.29, 0.717) is 5.95 Å². The molecule has 0 radical (unpaired) electrons. The number of rotatable bonds is 2. The van der Waals surface area contributed by atoms with E-state index in [1.807, 2.05) is 12.1 Å². The highest BCUT2D eigenvalue weighted by molar-refractivity contribution is 5.42. The van der Waals surface area contributed by atoms with Crippen molar-refractivity contribution in [1.29, 1.82) is 0 Å². The van der Waals surface area contributed by atoms with Crippen LogP contribution in [-0.4, -0.2) is 9.97 Å². The number of hydrogen-bond donors (Lipinski definition) is 1. The average molecular weight is 211 g/mol. The number of nitrogens with two attached hydrogens (primary N) is 1. The normalized spacial score (nSPS) is 17.0. The first-order valence-electron chi connectivity index (χ1n) is 5.46. The molecule has 2 aromatic rings. The van der Waals surface area contributed by atoms with Crippen molar-refractivity contribution in [2.24, 2.45) is 0 Å². The second-order valence-corrected chi connectivity index (χ2v) is 4.25. The summed E-state index contributed by atoms with van der Waals surface area (Å²) in [4.78, 5) is 8.29. The zero-order chi connectivity index (χ0) is 11.0. The van der Waals surface area contributed by atoms with Crippen molar-refractivity contribution in [2.75, 3.05) is 5.73 Å². The fourth-order valence-corrected chi connectivity index (χ4v) is 2.22. The number of benzene rings is 1. The summed E-state index contributed by atoms with van der Waals surface area (Å²) in [5.74, 6) is 0.361. The lowest BCUT2D eigenvalue weighted by Gasteiger charge is -2.14. The van der Waals surface area contributed by atoms with Crippen molar-refractivity contribution in [2.45, 2.75) is 18.3 Å². The number of hydrogen-bond acceptors (Lipinski definition) is 3. The molecule has 1 aliphatic rings. The molecule has 0 atom stereocenters. The van der Waals surface area contributed by atoms with Gasteiger partial charge in [-0.3, -0.25) is 0 Å². The molecule has 3 rings (SSSR count). The molecule has 1 aromatic carbocycles. The van der Waals surface area contributed by atoms with Gasteiger partial charge < -0.3 is 5.73 Å². The van der Waals surface area contributed by atoms with Crippen LogP contribution >= 0.6 is 0 Å². The van der Waals surface area contributed by atoms with Crippen molar-refractivity contribution in [3.8, 4) is 0 Å². The van der Waals surface area contributed by atoms with E-state index in [2.05, 4.69) is 34.2 Å². The Hall–Kier alpha value is -1.90. The second kappa shape index (κ2) is 3.30. The number of anilines is 1. The molecule has 2 N–H and O–H groups in total. The van der Waals surface area contributed by atoms with Crippen LogP contribution in [0.1, 0.15) is 24.1 Å². The van der Waals surface area contributed by atoms with Crippen LogP contribution in [-0.2, 0) is 5.41 Å². The van der Waals surface area contributed by atoms with Gasteiger partial charge in [-0.1, -0.05) is 30.3 Å². The van der Waals surface area contributed by atoms with Gasteiger partial charge in [0.15, 0.2) is 0 Å². The number of nitrogen functional groups attached to an aromatic ring is 1. The fraction of sp³-hybridized carbons (Fsp3) is 0.231. The van der Waals surface area contributed by atoms with Crippen molar-refractivity contribution in [1.82, 2.24) is 9.97 Å². The molecule has 0 aliphatic heterocycles. The standard InChI is InChI=1S/C13H13N3/c14-12-15-9-6-11(16-12)13(7-8-13)10-4-2-1-3-5-10/h1-6,9H,7-8H2,(H2,14,15,16). The molecule has 0 spiro atoms. The summed E-state index contributed by atoms with van der Waals surface area (Å²) in [5.41, 5.74) is 8.11. The molecule has 0 bridgehead atoms. The largest absolute Gasteiger partial charge is 0.368 e. The van der Waals surface area contributed by atoms with E-state index < -0.39 is 0 Å². The molecular weight excluding hydrogens is 198 g/mol. The van der Waals surface area contributed by atoms with Crippen LogP contribution in [0, 0.1) is 0 Å². The van der Waals surface area contributed by atoms with Gasteiger partial charge in [0.05, 0.1) is 5.69 Å². The third-order valence-electron chi connectivity index (χ3n) is 3.24. The molecule has 1 heterocycles. The van der Waals surface area contributed by atoms with E-state index in [4.69, 9.17) is 5.73 Å². The Kier molecular flexibility index (Phi) is 1.93. The fourth-order valence-electron chi connectivity index (χ4n) is 2.22. The van der Waals surface area contributed by atoms with Crippen molar-refractivity contribution < 1.29 is 0 Å². The zero-order valence-corrected chi connectivity index (χ0v) is 8.93. The highest BCUT2D eigenvalue weighted by atomic mass is 15.0. The van der Waals surface area contributed by atoms with Gasteiger partial charge in [0.2, 0.25) is 5.95 Å². The second-order valence-electron chi connectivity index (χ2n) is 4.25. The van der Waals surface area contributed by atoms with E-state index in [1.165, 1.54) is 5.56 Å². The molecule has 1 aliphatic carbocycles. The van der Waals surface area contributed by atoms with Gasteiger partial charge in [-0.25, -0.2) is 9.97 Å². The van der Waals surface area contributed by atoms with Crippen molar-refractivity contribution in [3.05, 3.63) is 53.9 Å². The van der Waals surface area contributed by atoms with E-state index in [1.54, 1.807) is 6.20 Å². The van der Waals surface area contributed by atoms with E-state index >= 15 is 0 Å². The van der Waals surface area contributed by atoms with E-state index in [9.17, 15) is 0 Å². The van der Waals surface area contributed by atoms with Crippen LogP contribution in [0.4, 0.5) is 5.95 Å². The van der Waals surface area contributed by atoms with Gasteiger partial charge in [0.25, 0.3) is 0 Å². The molecule has 3 nitrogen and oxygen atoms in total. The third-order valence-corrected chi connectivity index (χ3v) is 3.24. The Morgan fingerprint density at radius 3 is 2.44 bits per heavy atom. The molecule has 0 unspecified atom stereocenters. The molecule has 0 amide bonds. The zero-order valence-electron chi connectivity index (χ0n) is 8.93. The Balaban J connectivity index is 2.07. The number of nitrogens with zero attached hydrogens (tertiary/aromatic N) is 2. The van der Waals surface area contributed by atoms with Gasteiger partial charge in [-0.2, -0.15) is 0 Å². The summed E-state index contributed by atoms with van der Waals surface area (Å²) in [6.07, 6.45) is 4.03. The summed E-state index contributed by atoms with van der Waals surface area (Å²) in [6, 6.07) is 12.5. The minimum Gasteiger partial charge on any atom is -0.368 e. The summed E-state index contributed by atoms with van der Waals surface area (Å²) >= 11 is 0. The molecule has 1 saturated carbocycles. The summed E-state index contributed by atoms with van der Waals surface area (Å²) < 4.78 is 0. The van der Waals surface area contributed by atoms with Crippen molar-refractivity contribution in [3.63, 3.8) is 0 Å². The van der Waals surface area contributed by atoms with Crippen LogP contribution in [0.5, 0.6) is 0 Å². The molecule has 1 fully saturated rings. The average Bonchev–Trinajstić information content (AvgIpc) is 3.11. The van der Waals surface area contributed by atoms with E-state index in [0.717, 1.165) is 18.5 Å². The lowest BCUT2D eigenvalue weighted by atomic mass is 9.92. The van der Waals surface area contributed by atoms with Crippen LogP contribution < -0.4 is 5.73 Å². The highest BCUT2D eigenvalue weighted by Gasteiger charge is 2.47. The van der Waals surface area contributed by atoms with Crippen LogP contribution in [0.3, 0.4) is 0 Å². The first-order chi connectivity index (χ1) is 7.81. The monoisotopic (exact) mass is 211 g/mol.